The van der Waals surface area contributed by atoms with Gasteiger partial charge < -0.3 is 15.5 Å². The molecule has 0 unspecified atom stereocenters. The van der Waals surface area contributed by atoms with Crippen LogP contribution in [0, 0.1) is 0 Å². The minimum Gasteiger partial charge on any atom is -0.372 e. The first-order valence-electron chi connectivity index (χ1n) is 7.32. The lowest BCUT2D eigenvalue weighted by Crippen LogP contribution is -2.27. The Morgan fingerprint density at radius 3 is 2.30 bits per heavy atom. The van der Waals surface area contributed by atoms with E-state index < -0.39 is 0 Å². The van der Waals surface area contributed by atoms with Crippen LogP contribution in [0.4, 0.5) is 5.69 Å². The number of rotatable bonds is 8. The predicted octanol–water partition coefficient (Wildman–Crippen LogP) is 2.23. The van der Waals surface area contributed by atoms with E-state index in [0.717, 1.165) is 31.5 Å². The molecule has 0 saturated carbocycles. The van der Waals surface area contributed by atoms with Crippen molar-refractivity contribution in [2.24, 2.45) is 5.73 Å². The molecule has 4 nitrogen and oxygen atoms in total. The van der Waals surface area contributed by atoms with E-state index >= 15 is 0 Å². The molecule has 0 radical (unpaired) electrons. The minimum absolute atomic E-state index is 0.194. The number of nitrogens with two attached hydrogens (primary N) is 1. The van der Waals surface area contributed by atoms with Crippen LogP contribution in [0.3, 0.4) is 0 Å². The molecule has 1 amide bonds. The van der Waals surface area contributed by atoms with Crippen molar-refractivity contribution in [3.05, 3.63) is 29.8 Å². The minimum atomic E-state index is 0.194. The van der Waals surface area contributed by atoms with Gasteiger partial charge in [-0.15, -0.1) is 0 Å². The second kappa shape index (κ2) is 8.59. The summed E-state index contributed by atoms with van der Waals surface area (Å²) in [5.41, 5.74) is 7.98. The van der Waals surface area contributed by atoms with Crippen molar-refractivity contribution in [3.63, 3.8) is 0 Å². The second-order valence-electron chi connectivity index (χ2n) is 5.25. The van der Waals surface area contributed by atoms with Crippen LogP contribution in [0.25, 0.3) is 0 Å². The fraction of sp³-hybridized carbons (Fsp3) is 0.562. The molecule has 1 aromatic rings. The number of nitrogens with zero attached hydrogens (tertiary/aromatic N) is 2. The van der Waals surface area contributed by atoms with Crippen LogP contribution in [-0.2, 0) is 11.3 Å². The van der Waals surface area contributed by atoms with Gasteiger partial charge in [-0.25, -0.2) is 0 Å². The molecule has 0 heterocycles. The molecule has 0 saturated heterocycles. The predicted molar refractivity (Wildman–Crippen MR) is 84.8 cm³/mol. The lowest BCUT2D eigenvalue weighted by Gasteiger charge is -2.24. The van der Waals surface area contributed by atoms with E-state index in [0.29, 0.717) is 13.0 Å². The molecule has 1 rings (SSSR count). The molecule has 0 fully saturated rings. The van der Waals surface area contributed by atoms with E-state index in [2.05, 4.69) is 36.1 Å². The molecular formula is C16H27N3O. The summed E-state index contributed by atoms with van der Waals surface area (Å²) in [4.78, 5) is 15.6. The van der Waals surface area contributed by atoms with Crippen LogP contribution in [0.15, 0.2) is 24.3 Å². The Kier molecular flexibility index (Phi) is 7.09. The number of hydrogen-bond acceptors (Lipinski definition) is 3. The molecular weight excluding hydrogens is 250 g/mol. The van der Waals surface area contributed by atoms with E-state index in [1.54, 1.807) is 19.0 Å². The zero-order valence-corrected chi connectivity index (χ0v) is 12.9. The number of hydrogen-bond donors (Lipinski definition) is 1. The van der Waals surface area contributed by atoms with Crippen molar-refractivity contribution in [3.8, 4) is 0 Å². The fourth-order valence-corrected chi connectivity index (χ4v) is 2.13. The third kappa shape index (κ3) is 5.21. The van der Waals surface area contributed by atoms with Crippen molar-refractivity contribution >= 4 is 11.6 Å². The molecule has 0 aromatic heterocycles. The summed E-state index contributed by atoms with van der Waals surface area (Å²) in [5.74, 6) is 0.194. The maximum absolute atomic E-state index is 11.6. The summed E-state index contributed by atoms with van der Waals surface area (Å²) in [6.45, 7) is 4.67. The Labute approximate surface area is 122 Å². The van der Waals surface area contributed by atoms with Crippen LogP contribution >= 0.6 is 0 Å². The van der Waals surface area contributed by atoms with Crippen molar-refractivity contribution in [1.29, 1.82) is 0 Å². The van der Waals surface area contributed by atoms with Gasteiger partial charge in [0.25, 0.3) is 0 Å². The first kappa shape index (κ1) is 16.5. The standard InChI is InChI=1S/C16H27N3O/c1-4-11-19(12-5-6-16(20)18(2)3)15-9-7-14(13-17)8-10-15/h7-10H,4-6,11-13,17H2,1-3H3. The normalized spacial score (nSPS) is 10.4. The van der Waals surface area contributed by atoms with Crippen LogP contribution in [0.1, 0.15) is 31.7 Å². The summed E-state index contributed by atoms with van der Waals surface area (Å²) in [7, 11) is 3.61. The van der Waals surface area contributed by atoms with Crippen LogP contribution in [0.5, 0.6) is 0 Å². The van der Waals surface area contributed by atoms with Gasteiger partial charge in [-0.1, -0.05) is 19.1 Å². The average molecular weight is 277 g/mol. The highest BCUT2D eigenvalue weighted by Crippen LogP contribution is 2.16. The highest BCUT2D eigenvalue weighted by molar-refractivity contribution is 5.75. The van der Waals surface area contributed by atoms with Gasteiger partial charge in [-0.05, 0) is 30.5 Å². The number of carbonyl (C=O) groups excluding carboxylic acids is 1. The quantitative estimate of drug-likeness (QED) is 0.792. The SMILES string of the molecule is CCCN(CCCC(=O)N(C)C)c1ccc(CN)cc1. The van der Waals surface area contributed by atoms with E-state index in [4.69, 9.17) is 5.73 Å². The van der Waals surface area contributed by atoms with Crippen molar-refractivity contribution < 1.29 is 4.79 Å². The van der Waals surface area contributed by atoms with E-state index in [-0.39, 0.29) is 5.91 Å². The summed E-state index contributed by atoms with van der Waals surface area (Å²) in [6.07, 6.45) is 2.59. The summed E-state index contributed by atoms with van der Waals surface area (Å²) in [5, 5.41) is 0. The average Bonchev–Trinajstić information content (AvgIpc) is 2.46. The fourth-order valence-electron chi connectivity index (χ4n) is 2.13. The van der Waals surface area contributed by atoms with Crippen LogP contribution in [0.2, 0.25) is 0 Å². The molecule has 4 heteroatoms. The second-order valence-corrected chi connectivity index (χ2v) is 5.25. The van der Waals surface area contributed by atoms with Gasteiger partial charge in [0.2, 0.25) is 5.91 Å². The highest BCUT2D eigenvalue weighted by Gasteiger charge is 2.08. The topological polar surface area (TPSA) is 49.6 Å². The summed E-state index contributed by atoms with van der Waals surface area (Å²) >= 11 is 0. The molecule has 0 atom stereocenters. The van der Waals surface area contributed by atoms with Crippen LogP contribution in [-0.4, -0.2) is 38.0 Å². The lowest BCUT2D eigenvalue weighted by atomic mass is 10.1. The molecule has 0 aliphatic rings. The Hall–Kier alpha value is -1.55. The number of benzene rings is 1. The molecule has 1 aromatic carbocycles. The van der Waals surface area contributed by atoms with Gasteiger partial charge in [0, 0.05) is 45.8 Å². The third-order valence-electron chi connectivity index (χ3n) is 3.35. The molecule has 0 spiro atoms. The highest BCUT2D eigenvalue weighted by atomic mass is 16.2. The molecule has 0 aliphatic heterocycles. The van der Waals surface area contributed by atoms with Gasteiger partial charge in [0.15, 0.2) is 0 Å². The first-order chi connectivity index (χ1) is 9.58. The van der Waals surface area contributed by atoms with Crippen molar-refractivity contribution in [2.45, 2.75) is 32.7 Å². The number of amides is 1. The molecule has 0 aliphatic carbocycles. The number of anilines is 1. The summed E-state index contributed by atoms with van der Waals surface area (Å²) in [6, 6.07) is 8.38. The van der Waals surface area contributed by atoms with Crippen molar-refractivity contribution in [2.75, 3.05) is 32.1 Å². The number of carbonyl (C=O) groups is 1. The van der Waals surface area contributed by atoms with E-state index in [9.17, 15) is 4.79 Å². The lowest BCUT2D eigenvalue weighted by molar-refractivity contribution is -0.128. The Balaban J connectivity index is 2.56. The molecule has 2 N–H and O–H groups in total. The van der Waals surface area contributed by atoms with E-state index in [1.165, 1.54) is 5.69 Å². The van der Waals surface area contributed by atoms with Gasteiger partial charge >= 0.3 is 0 Å². The van der Waals surface area contributed by atoms with Gasteiger partial charge in [0.05, 0.1) is 0 Å². The Morgan fingerprint density at radius 1 is 1.15 bits per heavy atom. The smallest absolute Gasteiger partial charge is 0.222 e. The third-order valence-corrected chi connectivity index (χ3v) is 3.35. The maximum atomic E-state index is 11.6. The summed E-state index contributed by atoms with van der Waals surface area (Å²) < 4.78 is 0. The van der Waals surface area contributed by atoms with Gasteiger partial charge in [0.1, 0.15) is 0 Å². The zero-order valence-electron chi connectivity index (χ0n) is 12.9. The zero-order chi connectivity index (χ0) is 15.0. The van der Waals surface area contributed by atoms with E-state index in [1.807, 2.05) is 0 Å². The molecule has 0 bridgehead atoms. The van der Waals surface area contributed by atoms with Crippen LogP contribution < -0.4 is 10.6 Å². The van der Waals surface area contributed by atoms with Gasteiger partial charge in [-0.2, -0.15) is 0 Å². The maximum Gasteiger partial charge on any atom is 0.222 e. The monoisotopic (exact) mass is 277 g/mol. The first-order valence-corrected chi connectivity index (χ1v) is 7.32. The molecule has 20 heavy (non-hydrogen) atoms. The Bertz CT molecular complexity index is 401. The van der Waals surface area contributed by atoms with Gasteiger partial charge in [-0.3, -0.25) is 4.79 Å². The molecule has 112 valence electrons. The van der Waals surface area contributed by atoms with Crippen molar-refractivity contribution in [1.82, 2.24) is 4.90 Å². The Morgan fingerprint density at radius 2 is 1.80 bits per heavy atom. The largest absolute Gasteiger partial charge is 0.372 e.